The fourth-order valence-electron chi connectivity index (χ4n) is 1.21. The van der Waals surface area contributed by atoms with Crippen LogP contribution in [0.1, 0.15) is 12.7 Å². The standard InChI is InChI=1S/C9H9F5N2O/c1-2-16-4-3-15-7(16)5-6(17)8(10,11)9(12,13)14/h3-4H,2,5H2,1H3. The summed E-state index contributed by atoms with van der Waals surface area (Å²) >= 11 is 0. The van der Waals surface area contributed by atoms with E-state index >= 15 is 0 Å². The number of carbonyl (C=O) groups is 1. The number of carbonyl (C=O) groups excluding carboxylic acids is 1. The molecule has 0 atom stereocenters. The maximum atomic E-state index is 12.6. The molecule has 0 saturated carbocycles. The molecule has 0 spiro atoms. The van der Waals surface area contributed by atoms with Crippen LogP contribution in [0.15, 0.2) is 12.4 Å². The zero-order chi connectivity index (χ0) is 13.3. The molecule has 8 heteroatoms. The van der Waals surface area contributed by atoms with Crippen molar-refractivity contribution in [3.05, 3.63) is 18.2 Å². The van der Waals surface area contributed by atoms with Crippen LogP contribution in [-0.2, 0) is 17.8 Å². The highest BCUT2D eigenvalue weighted by Crippen LogP contribution is 2.36. The van der Waals surface area contributed by atoms with Crippen LogP contribution in [0, 0.1) is 0 Å². The zero-order valence-corrected chi connectivity index (χ0v) is 8.76. The second-order valence-electron chi connectivity index (χ2n) is 3.30. The van der Waals surface area contributed by atoms with Crippen molar-refractivity contribution in [1.82, 2.24) is 9.55 Å². The third kappa shape index (κ3) is 2.62. The molecule has 1 aromatic heterocycles. The number of alkyl halides is 5. The molecule has 1 aromatic rings. The van der Waals surface area contributed by atoms with E-state index in [0.717, 1.165) is 0 Å². The number of hydrogen-bond acceptors (Lipinski definition) is 2. The van der Waals surface area contributed by atoms with E-state index in [4.69, 9.17) is 0 Å². The predicted octanol–water partition coefficient (Wildman–Crippen LogP) is 2.21. The van der Waals surface area contributed by atoms with Gasteiger partial charge in [-0.05, 0) is 6.92 Å². The minimum atomic E-state index is -5.87. The van der Waals surface area contributed by atoms with E-state index in [0.29, 0.717) is 6.54 Å². The second-order valence-corrected chi connectivity index (χ2v) is 3.30. The van der Waals surface area contributed by atoms with Crippen LogP contribution in [0.3, 0.4) is 0 Å². The molecule has 0 N–H and O–H groups in total. The van der Waals surface area contributed by atoms with Gasteiger partial charge in [-0.3, -0.25) is 4.79 Å². The zero-order valence-electron chi connectivity index (χ0n) is 8.76. The van der Waals surface area contributed by atoms with Gasteiger partial charge in [0.25, 0.3) is 0 Å². The summed E-state index contributed by atoms with van der Waals surface area (Å²) in [6.07, 6.45) is -4.28. The van der Waals surface area contributed by atoms with Gasteiger partial charge in [0.05, 0.1) is 6.42 Å². The molecule has 0 radical (unpaired) electrons. The number of hydrogen-bond donors (Lipinski definition) is 0. The van der Waals surface area contributed by atoms with Crippen LogP contribution in [0.25, 0.3) is 0 Å². The monoisotopic (exact) mass is 256 g/mol. The molecule has 0 aromatic carbocycles. The Labute approximate surface area is 93.2 Å². The Morgan fingerprint density at radius 2 is 1.94 bits per heavy atom. The number of halogens is 5. The minimum absolute atomic E-state index is 0.110. The highest BCUT2D eigenvalue weighted by atomic mass is 19.4. The van der Waals surface area contributed by atoms with Crippen LogP contribution >= 0.6 is 0 Å². The average molecular weight is 256 g/mol. The number of aromatic nitrogens is 2. The van der Waals surface area contributed by atoms with Gasteiger partial charge in [0.1, 0.15) is 5.82 Å². The van der Waals surface area contributed by atoms with Crippen molar-refractivity contribution in [3.63, 3.8) is 0 Å². The Bertz CT molecular complexity index is 410. The molecule has 96 valence electrons. The SMILES string of the molecule is CCn1ccnc1CC(=O)C(F)(F)C(F)(F)F. The number of aryl methyl sites for hydroxylation is 1. The summed E-state index contributed by atoms with van der Waals surface area (Å²) in [6, 6.07) is 0. The Hall–Kier alpha value is -1.47. The van der Waals surface area contributed by atoms with Crippen molar-refractivity contribution in [2.75, 3.05) is 0 Å². The lowest BCUT2D eigenvalue weighted by Gasteiger charge is -2.17. The highest BCUT2D eigenvalue weighted by molar-refractivity contribution is 5.87. The predicted molar refractivity (Wildman–Crippen MR) is 47.6 cm³/mol. The molecule has 0 unspecified atom stereocenters. The Kier molecular flexibility index (Phi) is 3.53. The lowest BCUT2D eigenvalue weighted by Crippen LogP contribution is -2.45. The molecule has 3 nitrogen and oxygen atoms in total. The van der Waals surface area contributed by atoms with Crippen LogP contribution < -0.4 is 0 Å². The van der Waals surface area contributed by atoms with Gasteiger partial charge in [-0.25, -0.2) is 4.98 Å². The van der Waals surface area contributed by atoms with E-state index in [1.54, 1.807) is 6.92 Å². The fraction of sp³-hybridized carbons (Fsp3) is 0.556. The molecule has 0 saturated heterocycles. The molecule has 17 heavy (non-hydrogen) atoms. The first kappa shape index (κ1) is 13.6. The van der Waals surface area contributed by atoms with Gasteiger partial charge in [0, 0.05) is 18.9 Å². The molecular weight excluding hydrogens is 247 g/mol. The average Bonchev–Trinajstić information content (AvgIpc) is 2.63. The normalized spacial score (nSPS) is 12.8. The Morgan fingerprint density at radius 3 is 2.41 bits per heavy atom. The number of nitrogens with zero attached hydrogens (tertiary/aromatic N) is 2. The van der Waals surface area contributed by atoms with Crippen molar-refractivity contribution in [3.8, 4) is 0 Å². The van der Waals surface area contributed by atoms with E-state index in [1.165, 1.54) is 17.0 Å². The maximum Gasteiger partial charge on any atom is 0.461 e. The van der Waals surface area contributed by atoms with Gasteiger partial charge in [-0.15, -0.1) is 0 Å². The Morgan fingerprint density at radius 1 is 1.35 bits per heavy atom. The van der Waals surface area contributed by atoms with Crippen molar-refractivity contribution in [2.45, 2.75) is 32.0 Å². The van der Waals surface area contributed by atoms with E-state index in [1.807, 2.05) is 0 Å². The van der Waals surface area contributed by atoms with E-state index in [9.17, 15) is 26.7 Å². The third-order valence-electron chi connectivity index (χ3n) is 2.17. The van der Waals surface area contributed by atoms with Gasteiger partial charge in [0.15, 0.2) is 0 Å². The minimum Gasteiger partial charge on any atom is -0.335 e. The van der Waals surface area contributed by atoms with Gasteiger partial charge in [-0.1, -0.05) is 0 Å². The molecule has 0 amide bonds. The van der Waals surface area contributed by atoms with Crippen molar-refractivity contribution >= 4 is 5.78 Å². The summed E-state index contributed by atoms with van der Waals surface area (Å²) < 4.78 is 62.3. The number of rotatable bonds is 4. The van der Waals surface area contributed by atoms with Crippen molar-refractivity contribution in [1.29, 1.82) is 0 Å². The van der Waals surface area contributed by atoms with E-state index < -0.39 is 24.3 Å². The molecule has 0 aliphatic heterocycles. The lowest BCUT2D eigenvalue weighted by atomic mass is 10.1. The summed E-state index contributed by atoms with van der Waals surface area (Å²) in [6.45, 7) is 1.98. The molecule has 1 rings (SSSR count). The number of Topliss-reactive ketones (excluding diaryl/α,β-unsaturated/α-hetero) is 1. The Balaban J connectivity index is 2.87. The largest absolute Gasteiger partial charge is 0.461 e. The molecule has 0 aliphatic rings. The van der Waals surface area contributed by atoms with Crippen molar-refractivity contribution in [2.24, 2.45) is 0 Å². The number of ketones is 1. The quantitative estimate of drug-likeness (QED) is 0.774. The summed E-state index contributed by atoms with van der Waals surface area (Å²) in [4.78, 5) is 14.5. The highest BCUT2D eigenvalue weighted by Gasteiger charge is 2.62. The van der Waals surface area contributed by atoms with Crippen LogP contribution in [0.2, 0.25) is 0 Å². The smallest absolute Gasteiger partial charge is 0.335 e. The molecule has 1 heterocycles. The second kappa shape index (κ2) is 4.42. The summed E-state index contributed by atoms with van der Waals surface area (Å²) in [5.41, 5.74) is 0. The topological polar surface area (TPSA) is 34.9 Å². The molecule has 0 bridgehead atoms. The summed E-state index contributed by atoms with van der Waals surface area (Å²) in [5.74, 6) is -7.65. The van der Waals surface area contributed by atoms with Crippen LogP contribution in [-0.4, -0.2) is 27.4 Å². The van der Waals surface area contributed by atoms with E-state index in [2.05, 4.69) is 4.98 Å². The van der Waals surface area contributed by atoms with Crippen LogP contribution in [0.4, 0.5) is 22.0 Å². The molecule has 0 fully saturated rings. The summed E-state index contributed by atoms with van der Waals surface area (Å²) in [7, 11) is 0. The molecular formula is C9H9F5N2O. The first-order chi connectivity index (χ1) is 7.70. The van der Waals surface area contributed by atoms with Crippen LogP contribution in [0.5, 0.6) is 0 Å². The van der Waals surface area contributed by atoms with Gasteiger partial charge in [0.2, 0.25) is 5.78 Å². The van der Waals surface area contributed by atoms with Gasteiger partial charge in [-0.2, -0.15) is 22.0 Å². The third-order valence-corrected chi connectivity index (χ3v) is 2.17. The first-order valence-electron chi connectivity index (χ1n) is 4.68. The fourth-order valence-corrected chi connectivity index (χ4v) is 1.21. The number of imidazole rings is 1. The van der Waals surface area contributed by atoms with Gasteiger partial charge >= 0.3 is 12.1 Å². The van der Waals surface area contributed by atoms with Crippen molar-refractivity contribution < 1.29 is 26.7 Å². The maximum absolute atomic E-state index is 12.6. The van der Waals surface area contributed by atoms with E-state index in [-0.39, 0.29) is 5.82 Å². The van der Waals surface area contributed by atoms with Gasteiger partial charge < -0.3 is 4.57 Å². The molecule has 0 aliphatic carbocycles. The lowest BCUT2D eigenvalue weighted by molar-refractivity contribution is -0.268. The summed E-state index contributed by atoms with van der Waals surface area (Å²) in [5, 5.41) is 0. The first-order valence-corrected chi connectivity index (χ1v) is 4.68.